The van der Waals surface area contributed by atoms with Gasteiger partial charge in [-0.25, -0.2) is 4.98 Å². The van der Waals surface area contributed by atoms with Crippen LogP contribution in [0.15, 0.2) is 18.3 Å². The highest BCUT2D eigenvalue weighted by atomic mass is 14.8. The third-order valence-corrected chi connectivity index (χ3v) is 1.98. The molecule has 0 atom stereocenters. The fraction of sp³-hybridized carbons (Fsp3) is 0.364. The van der Waals surface area contributed by atoms with Crippen LogP contribution in [0.1, 0.15) is 25.1 Å². The van der Waals surface area contributed by atoms with Crippen LogP contribution in [0.3, 0.4) is 0 Å². The maximum absolute atomic E-state index is 4.38. The molecule has 2 heteroatoms. The number of aryl methyl sites for hydroxylation is 2. The van der Waals surface area contributed by atoms with Gasteiger partial charge in [-0.15, -0.1) is 0 Å². The average Bonchev–Trinajstić information content (AvgIpc) is 2.56. The van der Waals surface area contributed by atoms with Crippen molar-refractivity contribution in [3.63, 3.8) is 0 Å². The lowest BCUT2D eigenvalue weighted by Crippen LogP contribution is -1.86. The van der Waals surface area contributed by atoms with E-state index in [2.05, 4.69) is 23.0 Å². The molecule has 0 saturated heterocycles. The van der Waals surface area contributed by atoms with Gasteiger partial charge in [-0.2, -0.15) is 0 Å². The number of nitrogens with zero attached hydrogens (tertiary/aromatic N) is 1. The first-order valence-electron chi connectivity index (χ1n) is 4.69. The number of pyridine rings is 1. The molecule has 2 aromatic rings. The summed E-state index contributed by atoms with van der Waals surface area (Å²) in [5, 5.41) is 1.19. The Morgan fingerprint density at radius 3 is 2.62 bits per heavy atom. The third-order valence-electron chi connectivity index (χ3n) is 1.98. The van der Waals surface area contributed by atoms with Gasteiger partial charge in [0.05, 0.1) is 0 Å². The van der Waals surface area contributed by atoms with Gasteiger partial charge in [-0.3, -0.25) is 0 Å². The van der Waals surface area contributed by atoms with Crippen LogP contribution in [0.2, 0.25) is 0 Å². The second-order valence-electron chi connectivity index (χ2n) is 2.81. The van der Waals surface area contributed by atoms with Gasteiger partial charge in [-0.05, 0) is 31.5 Å². The minimum Gasteiger partial charge on any atom is -0.346 e. The van der Waals surface area contributed by atoms with Crippen molar-refractivity contribution in [2.75, 3.05) is 0 Å². The standard InChI is InChI=1S/C9H10N2.C2H6/c1-6-5-8-3-4-10-9(8)11-7(6)2;1-2/h3-5H,1-2H3,(H,10,11);1-2H3. The molecular weight excluding hydrogens is 160 g/mol. The predicted octanol–water partition coefficient (Wildman–Crippen LogP) is 3.21. The van der Waals surface area contributed by atoms with E-state index in [4.69, 9.17) is 0 Å². The maximum Gasteiger partial charge on any atom is 0.137 e. The molecule has 0 bridgehead atoms. The molecule has 2 rings (SSSR count). The molecular formula is C11H16N2. The van der Waals surface area contributed by atoms with Gasteiger partial charge in [0.25, 0.3) is 0 Å². The molecule has 70 valence electrons. The first-order valence-corrected chi connectivity index (χ1v) is 4.69. The van der Waals surface area contributed by atoms with Crippen molar-refractivity contribution in [2.45, 2.75) is 27.7 Å². The molecule has 2 nitrogen and oxygen atoms in total. The maximum atomic E-state index is 4.38. The van der Waals surface area contributed by atoms with E-state index in [1.165, 1.54) is 10.9 Å². The van der Waals surface area contributed by atoms with E-state index >= 15 is 0 Å². The zero-order chi connectivity index (χ0) is 9.84. The van der Waals surface area contributed by atoms with Gasteiger partial charge in [0, 0.05) is 17.3 Å². The van der Waals surface area contributed by atoms with Gasteiger partial charge in [0.15, 0.2) is 0 Å². The van der Waals surface area contributed by atoms with Crippen molar-refractivity contribution in [3.05, 3.63) is 29.6 Å². The molecule has 0 saturated carbocycles. The number of H-pyrrole nitrogens is 1. The van der Waals surface area contributed by atoms with Crippen molar-refractivity contribution in [1.29, 1.82) is 0 Å². The fourth-order valence-corrected chi connectivity index (χ4v) is 1.18. The Bertz CT molecular complexity index is 352. The van der Waals surface area contributed by atoms with Crippen molar-refractivity contribution in [2.24, 2.45) is 0 Å². The van der Waals surface area contributed by atoms with Crippen LogP contribution in [0, 0.1) is 13.8 Å². The number of fused-ring (bicyclic) bond motifs is 1. The lowest BCUT2D eigenvalue weighted by atomic mass is 10.2. The van der Waals surface area contributed by atoms with Gasteiger partial charge in [0.2, 0.25) is 0 Å². The third kappa shape index (κ3) is 1.89. The average molecular weight is 176 g/mol. The Balaban J connectivity index is 0.000000396. The summed E-state index contributed by atoms with van der Waals surface area (Å²) in [6, 6.07) is 4.18. The number of aromatic nitrogens is 2. The van der Waals surface area contributed by atoms with Gasteiger partial charge >= 0.3 is 0 Å². The van der Waals surface area contributed by atoms with Crippen LogP contribution in [0.4, 0.5) is 0 Å². The molecule has 0 aliphatic carbocycles. The van der Waals surface area contributed by atoms with E-state index in [1.807, 2.05) is 33.0 Å². The molecule has 13 heavy (non-hydrogen) atoms. The molecule has 1 N–H and O–H groups in total. The summed E-state index contributed by atoms with van der Waals surface area (Å²) in [5.41, 5.74) is 3.32. The second kappa shape index (κ2) is 4.08. The molecule has 2 aromatic heterocycles. The minimum absolute atomic E-state index is 0.980. The SMILES string of the molecule is CC.Cc1cc2cc[nH]c2nc1C. The molecule has 0 aliphatic heterocycles. The summed E-state index contributed by atoms with van der Waals surface area (Å²) in [6.45, 7) is 8.10. The van der Waals surface area contributed by atoms with Crippen LogP contribution in [0.25, 0.3) is 11.0 Å². The largest absolute Gasteiger partial charge is 0.346 e. The zero-order valence-electron chi connectivity index (χ0n) is 8.68. The summed E-state index contributed by atoms with van der Waals surface area (Å²) in [6.07, 6.45) is 1.91. The molecule has 0 unspecified atom stereocenters. The van der Waals surface area contributed by atoms with Crippen LogP contribution in [0.5, 0.6) is 0 Å². The number of rotatable bonds is 0. The van der Waals surface area contributed by atoms with Crippen LogP contribution < -0.4 is 0 Å². The van der Waals surface area contributed by atoms with Crippen molar-refractivity contribution >= 4 is 11.0 Å². The van der Waals surface area contributed by atoms with E-state index in [1.54, 1.807) is 0 Å². The molecule has 0 aliphatic rings. The molecule has 0 fully saturated rings. The summed E-state index contributed by atoms with van der Waals surface area (Å²) >= 11 is 0. The molecule has 0 spiro atoms. The number of hydrogen-bond donors (Lipinski definition) is 1. The van der Waals surface area contributed by atoms with E-state index in [9.17, 15) is 0 Å². The number of nitrogens with one attached hydrogen (secondary N) is 1. The van der Waals surface area contributed by atoms with Gasteiger partial charge in [-0.1, -0.05) is 13.8 Å². The van der Waals surface area contributed by atoms with Gasteiger partial charge < -0.3 is 4.98 Å². The smallest absolute Gasteiger partial charge is 0.137 e. The Labute approximate surface area is 79.0 Å². The highest BCUT2D eigenvalue weighted by Gasteiger charge is 1.98. The Hall–Kier alpha value is -1.31. The molecule has 0 amide bonds. The summed E-state index contributed by atoms with van der Waals surface area (Å²) in [4.78, 5) is 7.46. The summed E-state index contributed by atoms with van der Waals surface area (Å²) in [5.74, 6) is 0. The van der Waals surface area contributed by atoms with Crippen LogP contribution in [-0.4, -0.2) is 9.97 Å². The molecule has 2 heterocycles. The monoisotopic (exact) mass is 176 g/mol. The van der Waals surface area contributed by atoms with Crippen molar-refractivity contribution in [1.82, 2.24) is 9.97 Å². The lowest BCUT2D eigenvalue weighted by molar-refractivity contribution is 1.17. The number of aromatic amines is 1. The molecule has 0 radical (unpaired) electrons. The highest BCUT2D eigenvalue weighted by molar-refractivity contribution is 5.76. The van der Waals surface area contributed by atoms with Crippen LogP contribution in [-0.2, 0) is 0 Å². The van der Waals surface area contributed by atoms with E-state index < -0.39 is 0 Å². The first-order chi connectivity index (χ1) is 6.27. The minimum atomic E-state index is 0.980. The quantitative estimate of drug-likeness (QED) is 0.656. The topological polar surface area (TPSA) is 28.7 Å². The Morgan fingerprint density at radius 1 is 1.23 bits per heavy atom. The van der Waals surface area contributed by atoms with Crippen molar-refractivity contribution in [3.8, 4) is 0 Å². The predicted molar refractivity (Wildman–Crippen MR) is 56.9 cm³/mol. The molecule has 0 aromatic carbocycles. The Kier molecular flexibility index (Phi) is 3.07. The highest BCUT2D eigenvalue weighted by Crippen LogP contribution is 2.13. The van der Waals surface area contributed by atoms with E-state index in [-0.39, 0.29) is 0 Å². The van der Waals surface area contributed by atoms with E-state index in [0.717, 1.165) is 11.3 Å². The normalized spacial score (nSPS) is 9.54. The zero-order valence-corrected chi connectivity index (χ0v) is 8.68. The summed E-state index contributed by atoms with van der Waals surface area (Å²) in [7, 11) is 0. The Morgan fingerprint density at radius 2 is 1.92 bits per heavy atom. The van der Waals surface area contributed by atoms with E-state index in [0.29, 0.717) is 0 Å². The first kappa shape index (κ1) is 9.78. The summed E-state index contributed by atoms with van der Waals surface area (Å²) < 4.78 is 0. The second-order valence-corrected chi connectivity index (χ2v) is 2.81. The van der Waals surface area contributed by atoms with Crippen molar-refractivity contribution < 1.29 is 0 Å². The lowest BCUT2D eigenvalue weighted by Gasteiger charge is -1.97. The number of hydrogen-bond acceptors (Lipinski definition) is 1. The van der Waals surface area contributed by atoms with Crippen LogP contribution >= 0.6 is 0 Å². The fourth-order valence-electron chi connectivity index (χ4n) is 1.18. The van der Waals surface area contributed by atoms with Gasteiger partial charge in [0.1, 0.15) is 5.65 Å².